The first kappa shape index (κ1) is 19.5. The Bertz CT molecular complexity index is 609. The molecule has 1 saturated carbocycles. The number of aliphatic hydroxyl groups is 2. The maximum absolute atomic E-state index is 13.3. The lowest BCUT2D eigenvalue weighted by molar-refractivity contribution is -0.148. The standard InChI is InChI=1S/C20H29F2NO3/c1-19(2)6-3-16(4-7-19)23-8-5-18(24)20(25,12-23)13-26-17-10-14(21)9-15(22)11-17/h9-11,16,18,24-25H,3-8,12-13H2,1-2H3/t18-,20-/m0/s1. The number of aliphatic hydroxyl groups excluding tert-OH is 1. The van der Waals surface area contributed by atoms with E-state index in [0.29, 0.717) is 24.4 Å². The normalized spacial score (nSPS) is 30.3. The summed E-state index contributed by atoms with van der Waals surface area (Å²) in [5, 5.41) is 21.2. The summed E-state index contributed by atoms with van der Waals surface area (Å²) in [6, 6.07) is 3.31. The smallest absolute Gasteiger partial charge is 0.137 e. The van der Waals surface area contributed by atoms with E-state index in [1.807, 2.05) is 0 Å². The van der Waals surface area contributed by atoms with Crippen LogP contribution in [0, 0.1) is 17.0 Å². The molecule has 2 fully saturated rings. The van der Waals surface area contributed by atoms with Crippen LogP contribution in [-0.4, -0.2) is 52.6 Å². The highest BCUT2D eigenvalue weighted by Crippen LogP contribution is 2.38. The van der Waals surface area contributed by atoms with Crippen LogP contribution in [0.3, 0.4) is 0 Å². The molecule has 0 spiro atoms. The number of ether oxygens (including phenoxy) is 1. The van der Waals surface area contributed by atoms with Gasteiger partial charge in [-0.1, -0.05) is 13.8 Å². The van der Waals surface area contributed by atoms with Gasteiger partial charge in [0, 0.05) is 37.3 Å². The molecule has 1 aliphatic heterocycles. The first-order chi connectivity index (χ1) is 12.2. The minimum atomic E-state index is -1.45. The van der Waals surface area contributed by atoms with Gasteiger partial charge in [-0.05, 0) is 37.5 Å². The lowest BCUT2D eigenvalue weighted by Crippen LogP contribution is -2.62. The maximum Gasteiger partial charge on any atom is 0.137 e. The van der Waals surface area contributed by atoms with Gasteiger partial charge in [0.25, 0.3) is 0 Å². The number of nitrogens with zero attached hydrogens (tertiary/aromatic N) is 1. The lowest BCUT2D eigenvalue weighted by Gasteiger charge is -2.47. The van der Waals surface area contributed by atoms with Crippen LogP contribution < -0.4 is 4.74 Å². The van der Waals surface area contributed by atoms with Crippen LogP contribution >= 0.6 is 0 Å². The van der Waals surface area contributed by atoms with Crippen molar-refractivity contribution in [2.24, 2.45) is 5.41 Å². The molecule has 0 radical (unpaired) electrons. The van der Waals surface area contributed by atoms with E-state index >= 15 is 0 Å². The molecule has 1 saturated heterocycles. The second kappa shape index (κ2) is 7.41. The fraction of sp³-hybridized carbons (Fsp3) is 0.700. The lowest BCUT2D eigenvalue weighted by atomic mass is 9.74. The van der Waals surface area contributed by atoms with Gasteiger partial charge in [-0.2, -0.15) is 0 Å². The summed E-state index contributed by atoms with van der Waals surface area (Å²) in [4.78, 5) is 2.23. The highest BCUT2D eigenvalue weighted by molar-refractivity contribution is 5.24. The molecule has 4 nitrogen and oxygen atoms in total. The van der Waals surface area contributed by atoms with Crippen LogP contribution in [0.15, 0.2) is 18.2 Å². The Kier molecular flexibility index (Phi) is 5.56. The van der Waals surface area contributed by atoms with Gasteiger partial charge in [0.2, 0.25) is 0 Å². The molecule has 0 aromatic heterocycles. The van der Waals surface area contributed by atoms with Gasteiger partial charge in [-0.3, -0.25) is 4.90 Å². The average Bonchev–Trinajstić information content (AvgIpc) is 2.55. The van der Waals surface area contributed by atoms with Crippen molar-refractivity contribution in [3.8, 4) is 5.75 Å². The van der Waals surface area contributed by atoms with Gasteiger partial charge in [0.05, 0.1) is 6.10 Å². The van der Waals surface area contributed by atoms with Crippen molar-refractivity contribution >= 4 is 0 Å². The van der Waals surface area contributed by atoms with Crippen LogP contribution in [0.2, 0.25) is 0 Å². The van der Waals surface area contributed by atoms with Crippen molar-refractivity contribution in [1.29, 1.82) is 0 Å². The van der Waals surface area contributed by atoms with Crippen molar-refractivity contribution < 1.29 is 23.7 Å². The van der Waals surface area contributed by atoms with Gasteiger partial charge < -0.3 is 14.9 Å². The molecule has 2 aliphatic rings. The third-order valence-corrected chi connectivity index (χ3v) is 5.94. The van der Waals surface area contributed by atoms with Crippen LogP contribution in [-0.2, 0) is 0 Å². The monoisotopic (exact) mass is 369 g/mol. The fourth-order valence-electron chi connectivity index (χ4n) is 4.12. The van der Waals surface area contributed by atoms with Gasteiger partial charge in [0.15, 0.2) is 0 Å². The molecular weight excluding hydrogens is 340 g/mol. The minimum absolute atomic E-state index is 0.0136. The van der Waals surface area contributed by atoms with Crippen LogP contribution in [0.5, 0.6) is 5.75 Å². The Hall–Kier alpha value is -1.24. The summed E-state index contributed by atoms with van der Waals surface area (Å²) in [5.74, 6) is -1.45. The molecule has 2 N–H and O–H groups in total. The highest BCUT2D eigenvalue weighted by Gasteiger charge is 2.44. The van der Waals surface area contributed by atoms with E-state index in [1.54, 1.807) is 0 Å². The third-order valence-electron chi connectivity index (χ3n) is 5.94. The number of hydrogen-bond acceptors (Lipinski definition) is 4. The summed E-state index contributed by atoms with van der Waals surface area (Å²) >= 11 is 0. The van der Waals surface area contributed by atoms with Crippen LogP contribution in [0.1, 0.15) is 46.0 Å². The fourth-order valence-corrected chi connectivity index (χ4v) is 4.12. The van der Waals surface area contributed by atoms with E-state index in [1.165, 1.54) is 0 Å². The van der Waals surface area contributed by atoms with Crippen molar-refractivity contribution in [3.05, 3.63) is 29.8 Å². The van der Waals surface area contributed by atoms with Crippen LogP contribution in [0.25, 0.3) is 0 Å². The van der Waals surface area contributed by atoms with E-state index in [4.69, 9.17) is 4.74 Å². The van der Waals surface area contributed by atoms with E-state index in [0.717, 1.165) is 50.4 Å². The summed E-state index contributed by atoms with van der Waals surface area (Å²) in [6.07, 6.45) is 3.99. The van der Waals surface area contributed by atoms with Crippen molar-refractivity contribution in [2.45, 2.75) is 63.7 Å². The molecule has 0 unspecified atom stereocenters. The van der Waals surface area contributed by atoms with E-state index in [9.17, 15) is 19.0 Å². The number of piperidine rings is 1. The molecular formula is C20H29F2NO3. The van der Waals surface area contributed by atoms with Gasteiger partial charge in [-0.25, -0.2) is 8.78 Å². The summed E-state index contributed by atoms with van der Waals surface area (Å²) in [6.45, 7) is 5.41. The van der Waals surface area contributed by atoms with Crippen molar-refractivity contribution in [2.75, 3.05) is 19.7 Å². The Labute approximate surface area is 153 Å². The first-order valence-electron chi connectivity index (χ1n) is 9.40. The summed E-state index contributed by atoms with van der Waals surface area (Å²) in [7, 11) is 0. The average molecular weight is 369 g/mol. The molecule has 1 heterocycles. The third kappa shape index (κ3) is 4.53. The van der Waals surface area contributed by atoms with Gasteiger partial charge in [0.1, 0.15) is 29.6 Å². The number of benzene rings is 1. The second-order valence-corrected chi connectivity index (χ2v) is 8.67. The zero-order valence-electron chi connectivity index (χ0n) is 15.5. The highest BCUT2D eigenvalue weighted by atomic mass is 19.1. The minimum Gasteiger partial charge on any atom is -0.490 e. The number of halogens is 2. The molecule has 0 amide bonds. The van der Waals surface area contributed by atoms with Crippen LogP contribution in [0.4, 0.5) is 8.78 Å². The van der Waals surface area contributed by atoms with E-state index in [2.05, 4.69) is 18.7 Å². The molecule has 3 rings (SSSR count). The first-order valence-corrected chi connectivity index (χ1v) is 9.40. The summed E-state index contributed by atoms with van der Waals surface area (Å²) in [5.41, 5.74) is -1.08. The predicted molar refractivity (Wildman–Crippen MR) is 95.0 cm³/mol. The molecule has 1 aliphatic carbocycles. The molecule has 1 aromatic carbocycles. The zero-order chi connectivity index (χ0) is 18.9. The Morgan fingerprint density at radius 2 is 1.73 bits per heavy atom. The van der Waals surface area contributed by atoms with Crippen molar-refractivity contribution in [1.82, 2.24) is 4.90 Å². The second-order valence-electron chi connectivity index (χ2n) is 8.67. The Morgan fingerprint density at radius 1 is 1.12 bits per heavy atom. The number of likely N-dealkylation sites (tertiary alicyclic amines) is 1. The number of hydrogen-bond donors (Lipinski definition) is 2. The number of rotatable bonds is 4. The molecule has 1 aromatic rings. The largest absolute Gasteiger partial charge is 0.490 e. The molecule has 2 atom stereocenters. The Balaban J connectivity index is 1.63. The molecule has 146 valence electrons. The Morgan fingerprint density at radius 3 is 2.35 bits per heavy atom. The topological polar surface area (TPSA) is 52.9 Å². The molecule has 0 bridgehead atoms. The van der Waals surface area contributed by atoms with Gasteiger partial charge in [-0.15, -0.1) is 0 Å². The number of β-amino-alcohol motifs (C(OH)–C–C–N with tert-alkyl or cyclic N) is 1. The quantitative estimate of drug-likeness (QED) is 0.856. The zero-order valence-corrected chi connectivity index (χ0v) is 15.5. The van der Waals surface area contributed by atoms with Crippen molar-refractivity contribution in [3.63, 3.8) is 0 Å². The van der Waals surface area contributed by atoms with Gasteiger partial charge >= 0.3 is 0 Å². The molecule has 26 heavy (non-hydrogen) atoms. The maximum atomic E-state index is 13.3. The van der Waals surface area contributed by atoms with E-state index < -0.39 is 23.3 Å². The predicted octanol–water partition coefficient (Wildman–Crippen LogP) is 3.11. The SMILES string of the molecule is CC1(C)CCC(N2CC[C@H](O)[C@@](O)(COc3cc(F)cc(F)c3)C2)CC1. The van der Waals surface area contributed by atoms with E-state index in [-0.39, 0.29) is 12.4 Å². The summed E-state index contributed by atoms with van der Waals surface area (Å²) < 4.78 is 32.0. The molecule has 6 heteroatoms.